The molecule has 2 rings (SSSR count). The van der Waals surface area contributed by atoms with Crippen molar-refractivity contribution in [3.8, 4) is 0 Å². The van der Waals surface area contributed by atoms with Crippen LogP contribution in [-0.4, -0.2) is 29.2 Å². The van der Waals surface area contributed by atoms with Gasteiger partial charge in [-0.2, -0.15) is 0 Å². The summed E-state index contributed by atoms with van der Waals surface area (Å²) in [5, 5.41) is 3.25. The predicted octanol–water partition coefficient (Wildman–Crippen LogP) is 3.78. The van der Waals surface area contributed by atoms with Gasteiger partial charge in [0.15, 0.2) is 5.13 Å². The molecule has 5 nitrogen and oxygen atoms in total. The fraction of sp³-hybridized carbons (Fsp3) is 0.500. The molecule has 0 aromatic carbocycles. The van der Waals surface area contributed by atoms with Crippen LogP contribution in [0.5, 0.6) is 0 Å². The first-order valence-electron chi connectivity index (χ1n) is 7.50. The van der Waals surface area contributed by atoms with Crippen LogP contribution < -0.4 is 5.32 Å². The van der Waals surface area contributed by atoms with E-state index in [0.29, 0.717) is 5.13 Å². The van der Waals surface area contributed by atoms with E-state index in [1.165, 1.54) is 18.3 Å². The summed E-state index contributed by atoms with van der Waals surface area (Å²) >= 11 is 1.40. The average molecular weight is 334 g/mol. The number of aromatic nitrogens is 1. The Morgan fingerprint density at radius 3 is 2.30 bits per heavy atom. The van der Waals surface area contributed by atoms with Crippen LogP contribution in [0.1, 0.15) is 52.1 Å². The summed E-state index contributed by atoms with van der Waals surface area (Å²) in [6.45, 7) is 15.3. The number of anilines is 1. The minimum atomic E-state index is -0.399. The van der Waals surface area contributed by atoms with E-state index in [9.17, 15) is 4.79 Å². The van der Waals surface area contributed by atoms with E-state index < -0.39 is 7.12 Å². The predicted molar refractivity (Wildman–Crippen MR) is 96.2 cm³/mol. The van der Waals surface area contributed by atoms with Crippen molar-refractivity contribution in [1.82, 2.24) is 4.98 Å². The number of rotatable bonds is 4. The molecule has 0 unspecified atom stereocenters. The molecular formula is C16H23BN2O3S. The van der Waals surface area contributed by atoms with Gasteiger partial charge in [-0.25, -0.2) is 4.98 Å². The van der Waals surface area contributed by atoms with Crippen LogP contribution in [0.15, 0.2) is 12.1 Å². The van der Waals surface area contributed by atoms with Crippen LogP contribution >= 0.6 is 11.3 Å². The molecule has 1 saturated heterocycles. The third-order valence-electron chi connectivity index (χ3n) is 4.14. The minimum absolute atomic E-state index is 0.146. The second-order valence-electron chi connectivity index (χ2n) is 6.63. The summed E-state index contributed by atoms with van der Waals surface area (Å²) in [6, 6.07) is 0. The molecule has 1 aromatic rings. The molecule has 1 N–H and O–H groups in total. The quantitative estimate of drug-likeness (QED) is 0.852. The number of carbonyl (C=O) groups excluding carboxylic acids is 1. The SMILES string of the molecule is C=Cc1nc(NC(C)=O)sc1/C=C(\C)B1OC(C)(C)C(C)(C)O1. The number of thiazole rings is 1. The molecule has 1 aliphatic rings. The van der Waals surface area contributed by atoms with Crippen LogP contribution in [0.4, 0.5) is 5.13 Å². The molecule has 1 aliphatic heterocycles. The zero-order chi connectivity index (χ0) is 17.4. The highest BCUT2D eigenvalue weighted by Crippen LogP contribution is 2.39. The van der Waals surface area contributed by atoms with E-state index in [0.717, 1.165) is 16.0 Å². The third kappa shape index (κ3) is 3.73. The molecule has 1 amide bonds. The lowest BCUT2D eigenvalue weighted by molar-refractivity contribution is -0.114. The fourth-order valence-corrected chi connectivity index (χ4v) is 3.13. The lowest BCUT2D eigenvalue weighted by Crippen LogP contribution is -2.41. The number of hydrogen-bond acceptors (Lipinski definition) is 5. The molecule has 0 saturated carbocycles. The summed E-state index contributed by atoms with van der Waals surface area (Å²) in [4.78, 5) is 16.4. The van der Waals surface area contributed by atoms with Crippen molar-refractivity contribution >= 4 is 41.6 Å². The van der Waals surface area contributed by atoms with Gasteiger partial charge in [-0.3, -0.25) is 4.79 Å². The van der Waals surface area contributed by atoms with Gasteiger partial charge in [0.1, 0.15) is 0 Å². The average Bonchev–Trinajstić information content (AvgIpc) is 2.87. The molecule has 2 heterocycles. The Morgan fingerprint density at radius 1 is 1.26 bits per heavy atom. The molecular weight excluding hydrogens is 311 g/mol. The Morgan fingerprint density at radius 2 is 1.83 bits per heavy atom. The van der Waals surface area contributed by atoms with Crippen molar-refractivity contribution in [3.05, 3.63) is 22.6 Å². The van der Waals surface area contributed by atoms with Crippen LogP contribution in [0.25, 0.3) is 12.2 Å². The van der Waals surface area contributed by atoms with Gasteiger partial charge >= 0.3 is 7.12 Å². The van der Waals surface area contributed by atoms with Gasteiger partial charge in [-0.05, 0) is 52.2 Å². The first-order chi connectivity index (χ1) is 10.6. The lowest BCUT2D eigenvalue weighted by atomic mass is 9.79. The first kappa shape index (κ1) is 17.9. The van der Waals surface area contributed by atoms with Crippen molar-refractivity contribution in [2.45, 2.75) is 52.7 Å². The van der Waals surface area contributed by atoms with E-state index in [1.54, 1.807) is 6.08 Å². The molecule has 0 aliphatic carbocycles. The largest absolute Gasteiger partial charge is 0.490 e. The first-order valence-corrected chi connectivity index (χ1v) is 8.32. The molecule has 7 heteroatoms. The zero-order valence-electron chi connectivity index (χ0n) is 14.5. The lowest BCUT2D eigenvalue weighted by Gasteiger charge is -2.32. The highest BCUT2D eigenvalue weighted by atomic mass is 32.1. The smallest absolute Gasteiger partial charge is 0.400 e. The second-order valence-corrected chi connectivity index (χ2v) is 7.66. The van der Waals surface area contributed by atoms with Gasteiger partial charge in [-0.15, -0.1) is 0 Å². The second kappa shape index (κ2) is 6.22. The molecule has 1 fully saturated rings. The molecule has 0 atom stereocenters. The van der Waals surface area contributed by atoms with Crippen LogP contribution in [0, 0.1) is 0 Å². The van der Waals surface area contributed by atoms with Gasteiger partial charge in [0.2, 0.25) is 5.91 Å². The van der Waals surface area contributed by atoms with Crippen LogP contribution in [0.3, 0.4) is 0 Å². The van der Waals surface area contributed by atoms with Gasteiger partial charge in [0.25, 0.3) is 0 Å². The van der Waals surface area contributed by atoms with Gasteiger partial charge < -0.3 is 14.6 Å². The van der Waals surface area contributed by atoms with Gasteiger partial charge in [0.05, 0.1) is 21.8 Å². The normalized spacial score (nSPS) is 19.7. The number of nitrogens with one attached hydrogen (secondary N) is 1. The Labute approximate surface area is 141 Å². The van der Waals surface area contributed by atoms with Crippen LogP contribution in [0.2, 0.25) is 0 Å². The van der Waals surface area contributed by atoms with E-state index in [1.807, 2.05) is 40.7 Å². The standard InChI is InChI=1S/C16H23BN2O3S/c1-8-12-13(23-14(19-12)18-11(3)20)9-10(2)17-21-15(4,5)16(6,7)22-17/h8-9H,1H2,2-7H3,(H,18,19,20)/b10-9+. The number of nitrogens with zero attached hydrogens (tertiary/aromatic N) is 1. The summed E-state index contributed by atoms with van der Waals surface area (Å²) in [7, 11) is -0.399. The van der Waals surface area contributed by atoms with Crippen molar-refractivity contribution in [1.29, 1.82) is 0 Å². The summed E-state index contributed by atoms with van der Waals surface area (Å²) in [5.74, 6) is -0.146. The number of amides is 1. The summed E-state index contributed by atoms with van der Waals surface area (Å²) in [6.07, 6.45) is 3.65. The Hall–Kier alpha value is -1.44. The topological polar surface area (TPSA) is 60.5 Å². The van der Waals surface area contributed by atoms with E-state index in [4.69, 9.17) is 9.31 Å². The van der Waals surface area contributed by atoms with Crippen molar-refractivity contribution in [2.24, 2.45) is 0 Å². The minimum Gasteiger partial charge on any atom is -0.400 e. The number of hydrogen-bond donors (Lipinski definition) is 1. The molecule has 0 bridgehead atoms. The van der Waals surface area contributed by atoms with Gasteiger partial charge in [0, 0.05) is 6.92 Å². The number of carbonyl (C=O) groups is 1. The van der Waals surface area contributed by atoms with Crippen molar-refractivity contribution < 1.29 is 14.1 Å². The molecule has 124 valence electrons. The molecule has 0 radical (unpaired) electrons. The molecule has 0 spiro atoms. The number of allylic oxidation sites excluding steroid dienone is 1. The third-order valence-corrected chi connectivity index (χ3v) is 5.07. The fourth-order valence-electron chi connectivity index (χ4n) is 2.10. The van der Waals surface area contributed by atoms with E-state index in [-0.39, 0.29) is 17.1 Å². The monoisotopic (exact) mass is 334 g/mol. The Bertz CT molecular complexity index is 648. The summed E-state index contributed by atoms with van der Waals surface area (Å²) in [5.41, 5.74) is 0.936. The zero-order valence-corrected chi connectivity index (χ0v) is 15.3. The molecule has 1 aromatic heterocycles. The maximum atomic E-state index is 11.2. The Balaban J connectivity index is 2.26. The molecule has 23 heavy (non-hydrogen) atoms. The van der Waals surface area contributed by atoms with Gasteiger partial charge in [-0.1, -0.05) is 17.9 Å². The summed E-state index contributed by atoms with van der Waals surface area (Å²) < 4.78 is 12.1. The highest BCUT2D eigenvalue weighted by molar-refractivity contribution is 7.16. The van der Waals surface area contributed by atoms with Crippen LogP contribution in [-0.2, 0) is 14.1 Å². The van der Waals surface area contributed by atoms with Crippen molar-refractivity contribution in [2.75, 3.05) is 5.32 Å². The van der Waals surface area contributed by atoms with E-state index in [2.05, 4.69) is 16.9 Å². The highest BCUT2D eigenvalue weighted by Gasteiger charge is 2.51. The maximum Gasteiger partial charge on any atom is 0.490 e. The maximum absolute atomic E-state index is 11.2. The van der Waals surface area contributed by atoms with Crippen molar-refractivity contribution in [3.63, 3.8) is 0 Å². The van der Waals surface area contributed by atoms with E-state index >= 15 is 0 Å². The Kier molecular flexibility index (Phi) is 4.85.